The summed E-state index contributed by atoms with van der Waals surface area (Å²) >= 11 is 5.96. The van der Waals surface area contributed by atoms with E-state index in [2.05, 4.69) is 15.2 Å². The highest BCUT2D eigenvalue weighted by molar-refractivity contribution is 6.29. The smallest absolute Gasteiger partial charge is 0.251 e. The Balaban J connectivity index is 2.51. The van der Waals surface area contributed by atoms with E-state index >= 15 is 0 Å². The molecule has 1 amide bonds. The first kappa shape index (κ1) is 16.9. The van der Waals surface area contributed by atoms with E-state index < -0.39 is 0 Å². The summed E-state index contributed by atoms with van der Waals surface area (Å²) in [5, 5.41) is 3.29. The van der Waals surface area contributed by atoms with Gasteiger partial charge in [-0.25, -0.2) is 4.98 Å². The first-order chi connectivity index (χ1) is 9.40. The minimum Gasteiger partial charge on any atom is -0.352 e. The van der Waals surface area contributed by atoms with Crippen molar-refractivity contribution in [3.8, 4) is 0 Å². The average molecular weight is 298 g/mol. The molecule has 1 aromatic heterocycles. The van der Waals surface area contributed by atoms with Crippen molar-refractivity contribution in [3.63, 3.8) is 0 Å². The average Bonchev–Trinajstić information content (AvgIpc) is 2.36. The van der Waals surface area contributed by atoms with Gasteiger partial charge in [0.05, 0.1) is 0 Å². The highest BCUT2D eigenvalue weighted by Crippen LogP contribution is 2.17. The Morgan fingerprint density at radius 3 is 2.65 bits per heavy atom. The number of halogens is 1. The largest absolute Gasteiger partial charge is 0.352 e. The first-order valence-electron chi connectivity index (χ1n) is 7.00. The van der Waals surface area contributed by atoms with Crippen molar-refractivity contribution in [1.82, 2.24) is 15.2 Å². The van der Waals surface area contributed by atoms with Crippen molar-refractivity contribution >= 4 is 17.5 Å². The molecule has 1 aromatic rings. The molecule has 1 heterocycles. The van der Waals surface area contributed by atoms with Crippen molar-refractivity contribution in [2.45, 2.75) is 32.6 Å². The number of hydrogen-bond donors (Lipinski definition) is 1. The van der Waals surface area contributed by atoms with Crippen molar-refractivity contribution in [3.05, 3.63) is 28.5 Å². The van der Waals surface area contributed by atoms with Crippen LogP contribution >= 0.6 is 11.6 Å². The van der Waals surface area contributed by atoms with Crippen LogP contribution in [0.25, 0.3) is 0 Å². The van der Waals surface area contributed by atoms with Gasteiger partial charge in [0.25, 0.3) is 5.91 Å². The molecule has 0 aliphatic heterocycles. The number of unbranched alkanes of at least 4 members (excludes halogenated alkanes) is 1. The summed E-state index contributed by atoms with van der Waals surface area (Å²) in [6.07, 6.45) is 2.04. The zero-order valence-corrected chi connectivity index (χ0v) is 13.5. The van der Waals surface area contributed by atoms with E-state index in [1.165, 1.54) is 0 Å². The summed E-state index contributed by atoms with van der Waals surface area (Å²) in [6, 6.07) is 3.42. The molecule has 0 bridgehead atoms. The van der Waals surface area contributed by atoms with Crippen LogP contribution in [0.2, 0.25) is 5.15 Å². The number of nitrogens with zero attached hydrogens (tertiary/aromatic N) is 2. The van der Waals surface area contributed by atoms with Gasteiger partial charge < -0.3 is 10.2 Å². The second-order valence-corrected chi connectivity index (χ2v) is 5.91. The lowest BCUT2D eigenvalue weighted by molar-refractivity contribution is 0.0952. The molecule has 0 fully saturated rings. The Morgan fingerprint density at radius 2 is 2.05 bits per heavy atom. The third-order valence-electron chi connectivity index (χ3n) is 2.99. The fraction of sp³-hybridized carbons (Fsp3) is 0.600. The molecule has 5 heteroatoms. The second-order valence-electron chi connectivity index (χ2n) is 5.52. The monoisotopic (exact) mass is 297 g/mol. The lowest BCUT2D eigenvalue weighted by atomic mass is 10.1. The predicted molar refractivity (Wildman–Crippen MR) is 83.5 cm³/mol. The fourth-order valence-corrected chi connectivity index (χ4v) is 2.02. The molecule has 0 aliphatic rings. The van der Waals surface area contributed by atoms with E-state index in [0.717, 1.165) is 25.1 Å². The van der Waals surface area contributed by atoms with Crippen molar-refractivity contribution in [2.75, 3.05) is 27.2 Å². The molecule has 0 spiro atoms. The SMILES string of the molecule is CC(C)c1cc(C(=O)NCCCCN(C)C)cc(Cl)n1. The highest BCUT2D eigenvalue weighted by atomic mass is 35.5. The van der Waals surface area contributed by atoms with Crippen LogP contribution in [0.3, 0.4) is 0 Å². The summed E-state index contributed by atoms with van der Waals surface area (Å²) in [5.41, 5.74) is 1.43. The minimum atomic E-state index is -0.0824. The molecule has 0 aromatic carbocycles. The number of aromatic nitrogens is 1. The number of nitrogens with one attached hydrogen (secondary N) is 1. The molecule has 1 rings (SSSR count). The molecule has 4 nitrogen and oxygen atoms in total. The number of amides is 1. The number of hydrogen-bond acceptors (Lipinski definition) is 3. The quantitative estimate of drug-likeness (QED) is 0.622. The number of carbonyl (C=O) groups excluding carboxylic acids is 1. The van der Waals surface area contributed by atoms with Gasteiger partial charge in [0.15, 0.2) is 0 Å². The topological polar surface area (TPSA) is 45.2 Å². The summed E-state index contributed by atoms with van der Waals surface area (Å²) in [7, 11) is 4.09. The molecule has 0 aliphatic carbocycles. The molecular formula is C15H24ClN3O. The predicted octanol–water partition coefficient (Wildman–Crippen LogP) is 2.93. The maximum atomic E-state index is 12.1. The molecule has 1 N–H and O–H groups in total. The maximum Gasteiger partial charge on any atom is 0.251 e. The number of carbonyl (C=O) groups is 1. The van der Waals surface area contributed by atoms with E-state index in [1.54, 1.807) is 6.07 Å². The lowest BCUT2D eigenvalue weighted by Gasteiger charge is -2.11. The van der Waals surface area contributed by atoms with Gasteiger partial charge in [-0.05, 0) is 51.5 Å². The molecule has 0 saturated heterocycles. The minimum absolute atomic E-state index is 0.0824. The Kier molecular flexibility index (Phi) is 6.96. The third-order valence-corrected chi connectivity index (χ3v) is 3.18. The van der Waals surface area contributed by atoms with Crippen LogP contribution in [-0.2, 0) is 0 Å². The van der Waals surface area contributed by atoms with Crippen molar-refractivity contribution < 1.29 is 4.79 Å². The summed E-state index contributed by atoms with van der Waals surface area (Å²) in [6.45, 7) is 5.78. The lowest BCUT2D eigenvalue weighted by Crippen LogP contribution is -2.25. The number of pyridine rings is 1. The van der Waals surface area contributed by atoms with Gasteiger partial charge in [0.2, 0.25) is 0 Å². The van der Waals surface area contributed by atoms with Crippen LogP contribution in [0.4, 0.5) is 0 Å². The van der Waals surface area contributed by atoms with Crippen LogP contribution < -0.4 is 5.32 Å². The zero-order chi connectivity index (χ0) is 15.1. The van der Waals surface area contributed by atoms with E-state index in [1.807, 2.05) is 34.0 Å². The van der Waals surface area contributed by atoms with Gasteiger partial charge in [-0.15, -0.1) is 0 Å². The van der Waals surface area contributed by atoms with Gasteiger partial charge in [0.1, 0.15) is 5.15 Å². The van der Waals surface area contributed by atoms with Crippen LogP contribution in [0.15, 0.2) is 12.1 Å². The van der Waals surface area contributed by atoms with Gasteiger partial charge in [-0.2, -0.15) is 0 Å². The molecule has 20 heavy (non-hydrogen) atoms. The van der Waals surface area contributed by atoms with Crippen LogP contribution in [0.1, 0.15) is 48.7 Å². The molecule has 112 valence electrons. The normalized spacial score (nSPS) is 11.2. The Bertz CT molecular complexity index is 447. The van der Waals surface area contributed by atoms with Gasteiger partial charge >= 0.3 is 0 Å². The van der Waals surface area contributed by atoms with Crippen LogP contribution in [-0.4, -0.2) is 43.0 Å². The molecule has 0 atom stereocenters. The zero-order valence-electron chi connectivity index (χ0n) is 12.7. The van der Waals surface area contributed by atoms with Gasteiger partial charge in [-0.3, -0.25) is 4.79 Å². The molecule has 0 saturated carbocycles. The summed E-state index contributed by atoms with van der Waals surface area (Å²) in [4.78, 5) is 18.4. The standard InChI is InChI=1S/C15H24ClN3O/c1-11(2)13-9-12(10-14(16)18-13)15(20)17-7-5-6-8-19(3)4/h9-11H,5-8H2,1-4H3,(H,17,20). The Morgan fingerprint density at radius 1 is 1.35 bits per heavy atom. The van der Waals surface area contributed by atoms with Crippen LogP contribution in [0.5, 0.6) is 0 Å². The number of rotatable bonds is 7. The van der Waals surface area contributed by atoms with Crippen molar-refractivity contribution in [1.29, 1.82) is 0 Å². The van der Waals surface area contributed by atoms with E-state index in [-0.39, 0.29) is 11.8 Å². The summed E-state index contributed by atoms with van der Waals surface area (Å²) < 4.78 is 0. The first-order valence-corrected chi connectivity index (χ1v) is 7.38. The summed E-state index contributed by atoms with van der Waals surface area (Å²) in [5.74, 6) is 0.168. The van der Waals surface area contributed by atoms with Gasteiger partial charge in [-0.1, -0.05) is 25.4 Å². The van der Waals surface area contributed by atoms with E-state index in [4.69, 9.17) is 11.6 Å². The highest BCUT2D eigenvalue weighted by Gasteiger charge is 2.10. The molecule has 0 radical (unpaired) electrons. The van der Waals surface area contributed by atoms with Crippen molar-refractivity contribution in [2.24, 2.45) is 0 Å². The molecular weight excluding hydrogens is 274 g/mol. The Labute approximate surface area is 126 Å². The van der Waals surface area contributed by atoms with E-state index in [9.17, 15) is 4.79 Å². The van der Waals surface area contributed by atoms with Gasteiger partial charge in [0, 0.05) is 17.8 Å². The fourth-order valence-electron chi connectivity index (χ4n) is 1.80. The maximum absolute atomic E-state index is 12.1. The third kappa shape index (κ3) is 5.88. The second kappa shape index (κ2) is 8.22. The van der Waals surface area contributed by atoms with E-state index in [0.29, 0.717) is 17.3 Å². The van der Waals surface area contributed by atoms with Crippen LogP contribution in [0, 0.1) is 0 Å². The molecule has 0 unspecified atom stereocenters. The Hall–Kier alpha value is -1.13.